The van der Waals surface area contributed by atoms with E-state index in [4.69, 9.17) is 10.5 Å². The van der Waals surface area contributed by atoms with Gasteiger partial charge in [-0.15, -0.1) is 0 Å². The summed E-state index contributed by atoms with van der Waals surface area (Å²) in [6.07, 6.45) is 1.61. The van der Waals surface area contributed by atoms with Gasteiger partial charge in [-0.25, -0.2) is 4.98 Å². The Hall–Kier alpha value is -2.56. The van der Waals surface area contributed by atoms with Gasteiger partial charge in [0, 0.05) is 18.0 Å². The molecule has 5 nitrogen and oxygen atoms in total. The average Bonchev–Trinajstić information content (AvgIpc) is 2.41. The molecule has 5 heteroatoms. The number of nitrogens with one attached hydrogen (secondary N) is 1. The first kappa shape index (κ1) is 12.9. The number of rotatable bonds is 4. The predicted octanol–water partition coefficient (Wildman–Crippen LogP) is 1.99. The molecule has 0 saturated heterocycles. The van der Waals surface area contributed by atoms with Gasteiger partial charge in [0.1, 0.15) is 11.6 Å². The highest BCUT2D eigenvalue weighted by atomic mass is 16.5. The summed E-state index contributed by atoms with van der Waals surface area (Å²) in [5, 5.41) is 2.63. The van der Waals surface area contributed by atoms with Crippen LogP contribution in [0.25, 0.3) is 0 Å². The fourth-order valence-corrected chi connectivity index (χ4v) is 1.47. The second kappa shape index (κ2) is 5.86. The zero-order valence-electron chi connectivity index (χ0n) is 10.6. The largest absolute Gasteiger partial charge is 0.484 e. The van der Waals surface area contributed by atoms with Crippen molar-refractivity contribution in [3.8, 4) is 5.75 Å². The molecular formula is C14H15N3O2. The van der Waals surface area contributed by atoms with Crippen LogP contribution in [0.15, 0.2) is 42.6 Å². The summed E-state index contributed by atoms with van der Waals surface area (Å²) in [6.45, 7) is 1.83. The third-order valence-electron chi connectivity index (χ3n) is 2.55. The van der Waals surface area contributed by atoms with Gasteiger partial charge in [-0.2, -0.15) is 0 Å². The Morgan fingerprint density at radius 1 is 1.37 bits per heavy atom. The van der Waals surface area contributed by atoms with Crippen LogP contribution in [0.1, 0.15) is 5.56 Å². The monoisotopic (exact) mass is 257 g/mol. The third-order valence-corrected chi connectivity index (χ3v) is 2.55. The highest BCUT2D eigenvalue weighted by molar-refractivity contribution is 5.90. The smallest absolute Gasteiger partial charge is 0.263 e. The molecule has 0 fully saturated rings. The van der Waals surface area contributed by atoms with Crippen LogP contribution >= 0.6 is 0 Å². The van der Waals surface area contributed by atoms with E-state index in [1.807, 2.05) is 13.0 Å². The van der Waals surface area contributed by atoms with Gasteiger partial charge in [0.2, 0.25) is 0 Å². The Labute approximate surface area is 111 Å². The Balaban J connectivity index is 1.88. The maximum absolute atomic E-state index is 11.6. The van der Waals surface area contributed by atoms with Crippen LogP contribution in [0.3, 0.4) is 0 Å². The molecule has 1 amide bonds. The molecule has 0 aliphatic heterocycles. The normalized spacial score (nSPS) is 9.95. The van der Waals surface area contributed by atoms with Crippen molar-refractivity contribution in [2.45, 2.75) is 6.92 Å². The minimum Gasteiger partial charge on any atom is -0.484 e. The van der Waals surface area contributed by atoms with E-state index in [1.54, 1.807) is 36.5 Å². The van der Waals surface area contributed by atoms with E-state index in [-0.39, 0.29) is 12.5 Å². The summed E-state index contributed by atoms with van der Waals surface area (Å²) < 4.78 is 5.36. The summed E-state index contributed by atoms with van der Waals surface area (Å²) in [5.74, 6) is 0.802. The number of carbonyl (C=O) groups excluding carboxylic acids is 1. The zero-order valence-corrected chi connectivity index (χ0v) is 10.6. The first-order valence-electron chi connectivity index (χ1n) is 5.85. The molecule has 19 heavy (non-hydrogen) atoms. The Bertz CT molecular complexity index is 570. The molecule has 1 aromatic carbocycles. The molecule has 1 aromatic heterocycles. The molecule has 0 radical (unpaired) electrons. The number of hydrogen-bond donors (Lipinski definition) is 2. The van der Waals surface area contributed by atoms with E-state index in [2.05, 4.69) is 10.3 Å². The summed E-state index contributed by atoms with van der Waals surface area (Å²) in [7, 11) is 0. The lowest BCUT2D eigenvalue weighted by Crippen LogP contribution is -2.20. The summed E-state index contributed by atoms with van der Waals surface area (Å²) >= 11 is 0. The SMILES string of the molecule is Cc1ccc(OCC(=O)Nc2ccccn2)cc1N. The van der Waals surface area contributed by atoms with Crippen LogP contribution in [0, 0.1) is 6.92 Å². The van der Waals surface area contributed by atoms with E-state index in [9.17, 15) is 4.79 Å². The number of hydrogen-bond acceptors (Lipinski definition) is 4. The molecule has 0 unspecified atom stereocenters. The molecule has 98 valence electrons. The van der Waals surface area contributed by atoms with E-state index in [0.29, 0.717) is 17.3 Å². The molecule has 2 rings (SSSR count). The van der Waals surface area contributed by atoms with Gasteiger partial charge in [0.05, 0.1) is 0 Å². The Morgan fingerprint density at radius 3 is 2.89 bits per heavy atom. The molecule has 2 aromatic rings. The van der Waals surface area contributed by atoms with E-state index >= 15 is 0 Å². The number of nitrogens with two attached hydrogens (primary N) is 1. The Kier molecular flexibility index (Phi) is 3.97. The number of pyridine rings is 1. The molecule has 0 aliphatic rings. The number of amides is 1. The molecular weight excluding hydrogens is 242 g/mol. The number of ether oxygens (including phenoxy) is 1. The van der Waals surface area contributed by atoms with Crippen LogP contribution in [0.4, 0.5) is 11.5 Å². The van der Waals surface area contributed by atoms with Crippen LogP contribution in [0.5, 0.6) is 5.75 Å². The number of aromatic nitrogens is 1. The maximum atomic E-state index is 11.6. The third kappa shape index (κ3) is 3.70. The van der Waals surface area contributed by atoms with E-state index < -0.39 is 0 Å². The number of benzene rings is 1. The van der Waals surface area contributed by atoms with Gasteiger partial charge in [0.25, 0.3) is 5.91 Å². The van der Waals surface area contributed by atoms with Gasteiger partial charge in [-0.1, -0.05) is 12.1 Å². The summed E-state index contributed by atoms with van der Waals surface area (Å²) in [4.78, 5) is 15.6. The number of carbonyl (C=O) groups is 1. The van der Waals surface area contributed by atoms with E-state index in [0.717, 1.165) is 5.56 Å². The van der Waals surface area contributed by atoms with Gasteiger partial charge >= 0.3 is 0 Å². The minimum atomic E-state index is -0.266. The van der Waals surface area contributed by atoms with Crippen LogP contribution in [-0.2, 0) is 4.79 Å². The predicted molar refractivity (Wildman–Crippen MR) is 74.0 cm³/mol. The fraction of sp³-hybridized carbons (Fsp3) is 0.143. The van der Waals surface area contributed by atoms with Crippen molar-refractivity contribution in [2.75, 3.05) is 17.7 Å². The highest BCUT2D eigenvalue weighted by Crippen LogP contribution is 2.18. The number of nitrogen functional groups attached to an aromatic ring is 1. The topological polar surface area (TPSA) is 77.2 Å². The number of aryl methyl sites for hydroxylation is 1. The lowest BCUT2D eigenvalue weighted by atomic mass is 10.2. The zero-order chi connectivity index (χ0) is 13.7. The van der Waals surface area contributed by atoms with Gasteiger partial charge < -0.3 is 15.8 Å². The molecule has 0 spiro atoms. The summed E-state index contributed by atoms with van der Waals surface area (Å²) in [6, 6.07) is 10.6. The van der Waals surface area contributed by atoms with Crippen molar-refractivity contribution < 1.29 is 9.53 Å². The Morgan fingerprint density at radius 2 is 2.21 bits per heavy atom. The number of nitrogens with zero attached hydrogens (tertiary/aromatic N) is 1. The second-order valence-electron chi connectivity index (χ2n) is 4.07. The lowest BCUT2D eigenvalue weighted by Gasteiger charge is -2.08. The molecule has 1 heterocycles. The van der Waals surface area contributed by atoms with Gasteiger partial charge in [-0.05, 0) is 30.7 Å². The quantitative estimate of drug-likeness (QED) is 0.821. The first-order chi connectivity index (χ1) is 9.15. The van der Waals surface area contributed by atoms with Crippen molar-refractivity contribution in [1.82, 2.24) is 4.98 Å². The van der Waals surface area contributed by atoms with Gasteiger partial charge in [0.15, 0.2) is 6.61 Å². The summed E-state index contributed by atoms with van der Waals surface area (Å²) in [5.41, 5.74) is 7.38. The van der Waals surface area contributed by atoms with Crippen molar-refractivity contribution in [2.24, 2.45) is 0 Å². The average molecular weight is 257 g/mol. The van der Waals surface area contributed by atoms with Crippen molar-refractivity contribution in [1.29, 1.82) is 0 Å². The second-order valence-corrected chi connectivity index (χ2v) is 4.07. The fourth-order valence-electron chi connectivity index (χ4n) is 1.47. The highest BCUT2D eigenvalue weighted by Gasteiger charge is 2.04. The maximum Gasteiger partial charge on any atom is 0.263 e. The molecule has 3 N–H and O–H groups in total. The van der Waals surface area contributed by atoms with Crippen molar-refractivity contribution in [3.63, 3.8) is 0 Å². The lowest BCUT2D eigenvalue weighted by molar-refractivity contribution is -0.118. The van der Waals surface area contributed by atoms with Crippen LogP contribution < -0.4 is 15.8 Å². The molecule has 0 aliphatic carbocycles. The van der Waals surface area contributed by atoms with Gasteiger partial charge in [-0.3, -0.25) is 4.79 Å². The minimum absolute atomic E-state index is 0.0843. The van der Waals surface area contributed by atoms with Crippen molar-refractivity contribution >= 4 is 17.4 Å². The van der Waals surface area contributed by atoms with Crippen molar-refractivity contribution in [3.05, 3.63) is 48.2 Å². The molecule has 0 bridgehead atoms. The molecule has 0 atom stereocenters. The van der Waals surface area contributed by atoms with Crippen LogP contribution in [-0.4, -0.2) is 17.5 Å². The standard InChI is InChI=1S/C14H15N3O2/c1-10-5-6-11(8-12(10)15)19-9-14(18)17-13-4-2-3-7-16-13/h2-8H,9,15H2,1H3,(H,16,17,18). The van der Waals surface area contributed by atoms with E-state index in [1.165, 1.54) is 0 Å². The number of anilines is 2. The molecule has 0 saturated carbocycles. The first-order valence-corrected chi connectivity index (χ1v) is 5.85. The van der Waals surface area contributed by atoms with Crippen LogP contribution in [0.2, 0.25) is 0 Å².